The lowest BCUT2D eigenvalue weighted by molar-refractivity contribution is 0.0847. The van der Waals surface area contributed by atoms with Crippen LogP contribution in [0.3, 0.4) is 0 Å². The van der Waals surface area contributed by atoms with E-state index in [-0.39, 0.29) is 6.61 Å². The van der Waals surface area contributed by atoms with Crippen LogP contribution < -0.4 is 15.6 Å². The molecule has 7 nitrogen and oxygen atoms in total. The molecular weight excluding hydrogens is 402 g/mol. The van der Waals surface area contributed by atoms with E-state index in [1.54, 1.807) is 51.1 Å². The van der Waals surface area contributed by atoms with Crippen LogP contribution in [0.5, 0.6) is 5.75 Å². The van der Waals surface area contributed by atoms with Crippen LogP contribution in [-0.4, -0.2) is 16.8 Å². The molecule has 0 bridgehead atoms. The molecule has 0 unspecified atom stereocenters. The van der Waals surface area contributed by atoms with Gasteiger partial charge < -0.3 is 9.15 Å². The molecule has 0 spiro atoms. The van der Waals surface area contributed by atoms with Crippen molar-refractivity contribution in [1.82, 2.24) is 15.8 Å². The molecule has 146 valence electrons. The average molecular weight is 420 g/mol. The number of thiazole rings is 1. The van der Waals surface area contributed by atoms with Crippen LogP contribution in [0, 0.1) is 20.8 Å². The van der Waals surface area contributed by atoms with E-state index in [1.165, 1.54) is 11.3 Å². The molecule has 9 heteroatoms. The van der Waals surface area contributed by atoms with Gasteiger partial charge in [0.1, 0.15) is 33.8 Å². The number of carbonyl (C=O) groups is 2. The highest BCUT2D eigenvalue weighted by Crippen LogP contribution is 2.21. The average Bonchev–Trinajstić information content (AvgIpc) is 3.20. The van der Waals surface area contributed by atoms with Gasteiger partial charge in [0, 0.05) is 5.02 Å². The summed E-state index contributed by atoms with van der Waals surface area (Å²) in [7, 11) is 0. The van der Waals surface area contributed by atoms with Crippen molar-refractivity contribution in [2.45, 2.75) is 27.4 Å². The number of nitrogens with one attached hydrogen (secondary N) is 2. The summed E-state index contributed by atoms with van der Waals surface area (Å²) in [6.07, 6.45) is 0. The van der Waals surface area contributed by atoms with Crippen LogP contribution in [0.2, 0.25) is 5.02 Å². The zero-order valence-corrected chi connectivity index (χ0v) is 17.0. The molecule has 0 saturated heterocycles. The largest absolute Gasteiger partial charge is 0.486 e. The van der Waals surface area contributed by atoms with Crippen molar-refractivity contribution in [2.24, 2.45) is 0 Å². The Morgan fingerprint density at radius 1 is 1.14 bits per heavy atom. The molecule has 0 fully saturated rings. The molecule has 0 aliphatic heterocycles. The van der Waals surface area contributed by atoms with E-state index < -0.39 is 11.8 Å². The second-order valence-corrected chi connectivity index (χ2v) is 7.52. The standard InChI is InChI=1S/C19H18ClN3O4S/c1-10-8-15(12(3)27-10)18(24)22-23-19(25)17-11(2)21-16(28-17)9-26-14-6-4-13(20)5-7-14/h4-8H,9H2,1-3H3,(H,22,24)(H,23,25). The maximum absolute atomic E-state index is 12.4. The van der Waals surface area contributed by atoms with Crippen molar-refractivity contribution >= 4 is 34.8 Å². The summed E-state index contributed by atoms with van der Waals surface area (Å²) in [5.74, 6) is 0.869. The predicted octanol–water partition coefficient (Wildman–Crippen LogP) is 3.97. The maximum Gasteiger partial charge on any atom is 0.281 e. The molecule has 0 saturated carbocycles. The Morgan fingerprint density at radius 3 is 2.46 bits per heavy atom. The van der Waals surface area contributed by atoms with Crippen LogP contribution in [0.25, 0.3) is 0 Å². The third kappa shape index (κ3) is 4.71. The van der Waals surface area contributed by atoms with Gasteiger partial charge in [-0.2, -0.15) is 0 Å². The molecule has 0 radical (unpaired) electrons. The zero-order chi connectivity index (χ0) is 20.3. The van der Waals surface area contributed by atoms with Gasteiger partial charge in [0.15, 0.2) is 0 Å². The van der Waals surface area contributed by atoms with Crippen LogP contribution in [0.4, 0.5) is 0 Å². The smallest absolute Gasteiger partial charge is 0.281 e. The van der Waals surface area contributed by atoms with Gasteiger partial charge in [0.2, 0.25) is 0 Å². The Morgan fingerprint density at radius 2 is 1.82 bits per heavy atom. The zero-order valence-electron chi connectivity index (χ0n) is 15.5. The Hall–Kier alpha value is -2.84. The van der Waals surface area contributed by atoms with E-state index in [0.717, 1.165) is 0 Å². The molecule has 2 aromatic heterocycles. The van der Waals surface area contributed by atoms with Gasteiger partial charge in [-0.05, 0) is 51.1 Å². The third-order valence-electron chi connectivity index (χ3n) is 3.80. The van der Waals surface area contributed by atoms with E-state index in [0.29, 0.717) is 43.4 Å². The van der Waals surface area contributed by atoms with Crippen molar-refractivity contribution in [3.8, 4) is 5.75 Å². The summed E-state index contributed by atoms with van der Waals surface area (Å²) in [6, 6.07) is 8.58. The van der Waals surface area contributed by atoms with Gasteiger partial charge >= 0.3 is 0 Å². The van der Waals surface area contributed by atoms with E-state index >= 15 is 0 Å². The molecule has 3 rings (SSSR count). The number of nitrogens with zero attached hydrogens (tertiary/aromatic N) is 1. The lowest BCUT2D eigenvalue weighted by Gasteiger charge is -2.05. The monoisotopic (exact) mass is 419 g/mol. The first kappa shape index (κ1) is 19.9. The molecule has 28 heavy (non-hydrogen) atoms. The van der Waals surface area contributed by atoms with Gasteiger partial charge in [0.05, 0.1) is 11.3 Å². The number of benzene rings is 1. The van der Waals surface area contributed by atoms with Gasteiger partial charge in [-0.25, -0.2) is 4.98 Å². The van der Waals surface area contributed by atoms with Crippen molar-refractivity contribution < 1.29 is 18.7 Å². The molecule has 2 heterocycles. The first-order valence-corrected chi connectivity index (χ1v) is 9.55. The summed E-state index contributed by atoms with van der Waals surface area (Å²) < 4.78 is 11.0. The minimum absolute atomic E-state index is 0.222. The fourth-order valence-electron chi connectivity index (χ4n) is 2.49. The molecular formula is C19H18ClN3O4S. The highest BCUT2D eigenvalue weighted by atomic mass is 35.5. The topological polar surface area (TPSA) is 93.5 Å². The predicted molar refractivity (Wildman–Crippen MR) is 106 cm³/mol. The summed E-state index contributed by atoms with van der Waals surface area (Å²) in [5.41, 5.74) is 5.72. The number of hydrogen-bond donors (Lipinski definition) is 2. The summed E-state index contributed by atoms with van der Waals surface area (Å²) >= 11 is 7.04. The van der Waals surface area contributed by atoms with Crippen LogP contribution in [0.15, 0.2) is 34.7 Å². The van der Waals surface area contributed by atoms with Crippen LogP contribution >= 0.6 is 22.9 Å². The first-order chi connectivity index (χ1) is 13.3. The van der Waals surface area contributed by atoms with Gasteiger partial charge in [-0.15, -0.1) is 11.3 Å². The number of amides is 2. The number of hydrogen-bond acceptors (Lipinski definition) is 6. The lowest BCUT2D eigenvalue weighted by atomic mass is 10.2. The Kier molecular flexibility index (Phi) is 6.01. The fraction of sp³-hybridized carbons (Fsp3) is 0.211. The molecule has 0 aliphatic rings. The maximum atomic E-state index is 12.4. The number of ether oxygens (including phenoxy) is 1. The summed E-state index contributed by atoms with van der Waals surface area (Å²) in [6.45, 7) is 5.38. The van der Waals surface area contributed by atoms with Crippen molar-refractivity contribution in [3.05, 3.63) is 68.0 Å². The molecule has 0 atom stereocenters. The number of furan rings is 1. The van der Waals surface area contributed by atoms with Crippen molar-refractivity contribution in [3.63, 3.8) is 0 Å². The minimum Gasteiger partial charge on any atom is -0.486 e. The van der Waals surface area contributed by atoms with E-state index in [1.807, 2.05) is 0 Å². The van der Waals surface area contributed by atoms with Crippen molar-refractivity contribution in [1.29, 1.82) is 0 Å². The molecule has 2 N–H and O–H groups in total. The quantitative estimate of drug-likeness (QED) is 0.610. The van der Waals surface area contributed by atoms with Gasteiger partial charge in [0.25, 0.3) is 11.8 Å². The molecule has 2 amide bonds. The molecule has 0 aliphatic carbocycles. The number of carbonyl (C=O) groups excluding carboxylic acids is 2. The minimum atomic E-state index is -0.448. The third-order valence-corrected chi connectivity index (χ3v) is 5.18. The number of aromatic nitrogens is 1. The van der Waals surface area contributed by atoms with E-state index in [2.05, 4.69) is 15.8 Å². The summed E-state index contributed by atoms with van der Waals surface area (Å²) in [5, 5.41) is 1.27. The van der Waals surface area contributed by atoms with Gasteiger partial charge in [-0.1, -0.05) is 11.6 Å². The number of halogens is 1. The Labute approximate surface area is 170 Å². The van der Waals surface area contributed by atoms with Crippen molar-refractivity contribution in [2.75, 3.05) is 0 Å². The normalized spacial score (nSPS) is 10.6. The molecule has 3 aromatic rings. The number of aryl methyl sites for hydroxylation is 3. The Bertz CT molecular complexity index is 1010. The summed E-state index contributed by atoms with van der Waals surface area (Å²) in [4.78, 5) is 29.3. The first-order valence-electron chi connectivity index (χ1n) is 8.36. The fourth-order valence-corrected chi connectivity index (χ4v) is 3.49. The second kappa shape index (κ2) is 8.45. The van der Waals surface area contributed by atoms with Crippen LogP contribution in [0.1, 0.15) is 42.3 Å². The highest BCUT2D eigenvalue weighted by Gasteiger charge is 2.18. The van der Waals surface area contributed by atoms with E-state index in [4.69, 9.17) is 20.8 Å². The second-order valence-electron chi connectivity index (χ2n) is 6.00. The highest BCUT2D eigenvalue weighted by molar-refractivity contribution is 7.13. The SMILES string of the molecule is Cc1cc(C(=O)NNC(=O)c2sc(COc3ccc(Cl)cc3)nc2C)c(C)o1. The number of hydrazine groups is 1. The lowest BCUT2D eigenvalue weighted by Crippen LogP contribution is -2.41. The Balaban J connectivity index is 1.58. The van der Waals surface area contributed by atoms with Crippen LogP contribution in [-0.2, 0) is 6.61 Å². The van der Waals surface area contributed by atoms with E-state index in [9.17, 15) is 9.59 Å². The molecule has 1 aromatic carbocycles. The number of rotatable bonds is 5. The van der Waals surface area contributed by atoms with Gasteiger partial charge in [-0.3, -0.25) is 20.4 Å².